The first-order chi connectivity index (χ1) is 16.1. The minimum Gasteiger partial charge on any atom is -0.462 e. The maximum atomic E-state index is 13.0. The molecule has 2 aromatic carbocycles. The highest BCUT2D eigenvalue weighted by Crippen LogP contribution is 2.37. The number of hydrogen-bond acceptors (Lipinski definition) is 8. The van der Waals surface area contributed by atoms with Gasteiger partial charge < -0.3 is 14.8 Å². The number of rotatable bonds is 8. The summed E-state index contributed by atoms with van der Waals surface area (Å²) in [4.78, 5) is 31.3. The van der Waals surface area contributed by atoms with Crippen molar-refractivity contribution in [2.24, 2.45) is 0 Å². The monoisotopic (exact) mass is 495 g/mol. The first kappa shape index (κ1) is 23.0. The van der Waals surface area contributed by atoms with E-state index in [1.165, 1.54) is 34.6 Å². The molecule has 0 aliphatic rings. The summed E-state index contributed by atoms with van der Waals surface area (Å²) in [6.07, 6.45) is 3.51. The van der Waals surface area contributed by atoms with Gasteiger partial charge in [-0.05, 0) is 30.7 Å². The van der Waals surface area contributed by atoms with Gasteiger partial charge in [0.25, 0.3) is 5.91 Å². The Morgan fingerprint density at radius 3 is 2.58 bits per heavy atom. The van der Waals surface area contributed by atoms with Crippen LogP contribution in [-0.4, -0.2) is 29.7 Å². The van der Waals surface area contributed by atoms with E-state index in [2.05, 4.69) is 15.0 Å². The number of anilines is 2. The van der Waals surface area contributed by atoms with Crippen LogP contribution in [0.25, 0.3) is 21.0 Å². The second kappa shape index (κ2) is 10.7. The van der Waals surface area contributed by atoms with Crippen LogP contribution < -0.4 is 10.0 Å². The second-order valence-electron chi connectivity index (χ2n) is 6.81. The van der Waals surface area contributed by atoms with Gasteiger partial charge in [-0.3, -0.25) is 4.79 Å². The molecule has 6 nitrogen and oxygen atoms in total. The minimum atomic E-state index is -0.464. The number of amides is 1. The first-order valence-corrected chi connectivity index (χ1v) is 13.0. The number of ether oxygens (including phenoxy) is 1. The van der Waals surface area contributed by atoms with E-state index in [1.807, 2.05) is 60.9 Å². The van der Waals surface area contributed by atoms with Gasteiger partial charge in [0, 0.05) is 22.4 Å². The van der Waals surface area contributed by atoms with Gasteiger partial charge in [-0.1, -0.05) is 54.4 Å². The lowest BCUT2D eigenvalue weighted by Gasteiger charge is -2.05. The van der Waals surface area contributed by atoms with Crippen LogP contribution in [0, 0.1) is 0 Å². The molecule has 1 amide bonds. The van der Waals surface area contributed by atoms with Crippen molar-refractivity contribution in [3.05, 3.63) is 77.3 Å². The highest BCUT2D eigenvalue weighted by molar-refractivity contribution is 7.99. The number of nitrogens with one attached hydrogen (secondary N) is 2. The molecule has 0 unspecified atom stereocenters. The summed E-state index contributed by atoms with van der Waals surface area (Å²) in [5.74, 6) is -0.779. The van der Waals surface area contributed by atoms with Crippen molar-refractivity contribution >= 4 is 57.2 Å². The van der Waals surface area contributed by atoms with Gasteiger partial charge in [-0.2, -0.15) is 0 Å². The zero-order valence-electron chi connectivity index (χ0n) is 18.0. The Labute approximate surface area is 204 Å². The van der Waals surface area contributed by atoms with E-state index in [4.69, 9.17) is 4.74 Å². The Bertz CT molecular complexity index is 1270. The minimum absolute atomic E-state index is 0.255. The lowest BCUT2D eigenvalue weighted by Crippen LogP contribution is -2.13. The Kier molecular flexibility index (Phi) is 7.43. The molecule has 168 valence electrons. The van der Waals surface area contributed by atoms with Gasteiger partial charge in [0.05, 0.1) is 18.4 Å². The van der Waals surface area contributed by atoms with Crippen LogP contribution in [0.2, 0.25) is 0 Å². The van der Waals surface area contributed by atoms with E-state index in [-0.39, 0.29) is 12.5 Å². The van der Waals surface area contributed by atoms with E-state index in [9.17, 15) is 9.59 Å². The average Bonchev–Trinajstić information content (AvgIpc) is 3.48. The summed E-state index contributed by atoms with van der Waals surface area (Å²) < 4.78 is 8.39. The van der Waals surface area contributed by atoms with E-state index in [0.717, 1.165) is 26.7 Å². The molecule has 0 aliphatic carbocycles. The number of benzene rings is 2. The normalized spacial score (nSPS) is 10.6. The molecular weight excluding hydrogens is 474 g/mol. The number of carbonyl (C=O) groups is 2. The van der Waals surface area contributed by atoms with Crippen molar-refractivity contribution in [3.63, 3.8) is 0 Å². The van der Waals surface area contributed by atoms with Crippen LogP contribution in [0.4, 0.5) is 10.7 Å². The fourth-order valence-corrected chi connectivity index (χ4v) is 5.32. The van der Waals surface area contributed by atoms with E-state index >= 15 is 0 Å². The van der Waals surface area contributed by atoms with E-state index in [0.29, 0.717) is 15.4 Å². The lowest BCUT2D eigenvalue weighted by atomic mass is 10.1. The second-order valence-corrected chi connectivity index (χ2v) is 9.51. The van der Waals surface area contributed by atoms with Crippen molar-refractivity contribution in [3.8, 4) is 21.0 Å². The third kappa shape index (κ3) is 5.44. The molecule has 0 bridgehead atoms. The van der Waals surface area contributed by atoms with Crippen molar-refractivity contribution < 1.29 is 14.3 Å². The summed E-state index contributed by atoms with van der Waals surface area (Å²) >= 11 is 4.15. The van der Waals surface area contributed by atoms with Crippen LogP contribution in [-0.2, 0) is 4.74 Å². The molecule has 2 N–H and O–H groups in total. The molecule has 2 heterocycles. The number of esters is 1. The molecular formula is C24H21N3O3S3. The van der Waals surface area contributed by atoms with Crippen molar-refractivity contribution in [1.29, 1.82) is 0 Å². The molecule has 2 aromatic heterocycles. The maximum absolute atomic E-state index is 13.0. The summed E-state index contributed by atoms with van der Waals surface area (Å²) in [5, 5.41) is 4.09. The summed E-state index contributed by atoms with van der Waals surface area (Å²) in [7, 11) is 0. The number of carbonyl (C=O) groups excluding carboxylic acids is 2. The number of nitrogens with zero attached hydrogens (tertiary/aromatic N) is 1. The molecule has 0 atom stereocenters. The summed E-state index contributed by atoms with van der Waals surface area (Å²) in [6, 6.07) is 19.3. The third-order valence-electron chi connectivity index (χ3n) is 4.57. The fraction of sp³-hybridized carbons (Fsp3) is 0.125. The lowest BCUT2D eigenvalue weighted by molar-refractivity contribution is 0.0528. The molecule has 0 aliphatic heterocycles. The van der Waals surface area contributed by atoms with Gasteiger partial charge in [0.1, 0.15) is 14.9 Å². The van der Waals surface area contributed by atoms with E-state index < -0.39 is 5.97 Å². The van der Waals surface area contributed by atoms with Crippen molar-refractivity contribution in [1.82, 2.24) is 4.98 Å². The van der Waals surface area contributed by atoms with Gasteiger partial charge >= 0.3 is 5.97 Å². The molecule has 0 fully saturated rings. The highest BCUT2D eigenvalue weighted by Gasteiger charge is 2.21. The van der Waals surface area contributed by atoms with E-state index in [1.54, 1.807) is 19.2 Å². The Morgan fingerprint density at radius 2 is 1.82 bits per heavy atom. The first-order valence-electron chi connectivity index (χ1n) is 10.1. The Morgan fingerprint density at radius 1 is 1.03 bits per heavy atom. The van der Waals surface area contributed by atoms with Gasteiger partial charge in [-0.15, -0.1) is 22.7 Å². The predicted octanol–water partition coefficient (Wildman–Crippen LogP) is 6.66. The van der Waals surface area contributed by atoms with Crippen LogP contribution in [0.15, 0.2) is 66.9 Å². The highest BCUT2D eigenvalue weighted by atomic mass is 32.2. The number of thiazole rings is 1. The summed E-state index contributed by atoms with van der Waals surface area (Å²) in [6.45, 7) is 2.01. The smallest absolute Gasteiger partial charge is 0.341 e. The topological polar surface area (TPSA) is 80.3 Å². The molecule has 33 heavy (non-hydrogen) atoms. The zero-order valence-corrected chi connectivity index (χ0v) is 20.4. The molecule has 4 rings (SSSR count). The van der Waals surface area contributed by atoms with Gasteiger partial charge in [-0.25, -0.2) is 9.78 Å². The van der Waals surface area contributed by atoms with Crippen LogP contribution in [0.1, 0.15) is 27.0 Å². The molecule has 0 spiro atoms. The van der Waals surface area contributed by atoms with Crippen LogP contribution in [0.3, 0.4) is 0 Å². The zero-order chi connectivity index (χ0) is 23.2. The van der Waals surface area contributed by atoms with Gasteiger partial charge in [0.15, 0.2) is 0 Å². The number of hydrogen-bond donors (Lipinski definition) is 2. The molecule has 0 saturated carbocycles. The SMILES string of the molecule is CCOC(=O)c1cc(-c2ccccc2)sc1NC(=O)c1cnc(-c2cccc(NSC)c2)s1. The maximum Gasteiger partial charge on any atom is 0.341 e. The molecule has 0 saturated heterocycles. The quantitative estimate of drug-likeness (QED) is 0.210. The van der Waals surface area contributed by atoms with Crippen LogP contribution in [0.5, 0.6) is 0 Å². The van der Waals surface area contributed by atoms with Crippen molar-refractivity contribution in [2.75, 3.05) is 22.9 Å². The molecule has 0 radical (unpaired) electrons. The molecule has 4 aromatic rings. The fourth-order valence-electron chi connectivity index (χ4n) is 3.10. The Balaban J connectivity index is 1.59. The number of thiophene rings is 1. The average molecular weight is 496 g/mol. The van der Waals surface area contributed by atoms with Gasteiger partial charge in [0.2, 0.25) is 0 Å². The molecule has 9 heteroatoms. The van der Waals surface area contributed by atoms with Crippen molar-refractivity contribution in [2.45, 2.75) is 6.92 Å². The van der Waals surface area contributed by atoms with Crippen LogP contribution >= 0.6 is 34.6 Å². The standard InChI is InChI=1S/C24H21N3O3S3/c1-3-30-24(29)18-13-19(15-8-5-4-6-9-15)32-23(18)26-21(28)20-14-25-22(33-20)16-10-7-11-17(12-16)27-31-2/h4-14,27H,3H2,1-2H3,(H,26,28). The largest absolute Gasteiger partial charge is 0.462 e. The third-order valence-corrected chi connectivity index (χ3v) is 7.16. The Hall–Kier alpha value is -3.14. The number of aromatic nitrogens is 1. The predicted molar refractivity (Wildman–Crippen MR) is 138 cm³/mol. The summed E-state index contributed by atoms with van der Waals surface area (Å²) in [5.41, 5.74) is 3.20.